The molecule has 1 saturated heterocycles. The Labute approximate surface area is 126 Å². The third kappa shape index (κ3) is 3.44. The van der Waals surface area contributed by atoms with Gasteiger partial charge in [0.25, 0.3) is 0 Å². The number of amides is 1. The van der Waals surface area contributed by atoms with Crippen LogP contribution in [-0.2, 0) is 16.0 Å². The fourth-order valence-corrected chi connectivity index (χ4v) is 3.38. The maximum atomic E-state index is 12.2. The normalized spacial score (nSPS) is 28.1. The van der Waals surface area contributed by atoms with E-state index in [0.29, 0.717) is 6.42 Å². The second-order valence-corrected chi connectivity index (χ2v) is 6.14. The Morgan fingerprint density at radius 1 is 1.33 bits per heavy atom. The van der Waals surface area contributed by atoms with Gasteiger partial charge >= 0.3 is 0 Å². The highest BCUT2D eigenvalue weighted by Crippen LogP contribution is 2.30. The molecular weight excluding hydrogens is 264 g/mol. The van der Waals surface area contributed by atoms with Gasteiger partial charge in [0.15, 0.2) is 0 Å². The topological polar surface area (TPSA) is 64.3 Å². The van der Waals surface area contributed by atoms with Gasteiger partial charge in [-0.1, -0.05) is 24.3 Å². The van der Waals surface area contributed by atoms with E-state index in [2.05, 4.69) is 17.4 Å². The van der Waals surface area contributed by atoms with Crippen LogP contribution in [0.2, 0.25) is 0 Å². The van der Waals surface area contributed by atoms with Crippen molar-refractivity contribution in [3.05, 3.63) is 35.4 Å². The van der Waals surface area contributed by atoms with Crippen LogP contribution in [0, 0.1) is 0 Å². The number of hydrogen-bond donors (Lipinski definition) is 2. The first kappa shape index (κ1) is 14.5. The van der Waals surface area contributed by atoms with Gasteiger partial charge in [0.2, 0.25) is 5.91 Å². The van der Waals surface area contributed by atoms with Gasteiger partial charge in [-0.05, 0) is 43.2 Å². The number of hydrogen-bond acceptors (Lipinski definition) is 3. The molecule has 1 aromatic rings. The van der Waals surface area contributed by atoms with Gasteiger partial charge in [-0.25, -0.2) is 0 Å². The molecule has 3 unspecified atom stereocenters. The van der Waals surface area contributed by atoms with E-state index in [9.17, 15) is 4.79 Å². The molecule has 1 heterocycles. The predicted octanol–water partition coefficient (Wildman–Crippen LogP) is 2.08. The highest BCUT2D eigenvalue weighted by Gasteiger charge is 2.30. The minimum absolute atomic E-state index is 0.0164. The summed E-state index contributed by atoms with van der Waals surface area (Å²) in [6.45, 7) is 0.840. The van der Waals surface area contributed by atoms with Gasteiger partial charge in [0.1, 0.15) is 0 Å². The molecule has 0 radical (unpaired) electrons. The molecule has 2 aliphatic rings. The van der Waals surface area contributed by atoms with Gasteiger partial charge in [-0.2, -0.15) is 0 Å². The Morgan fingerprint density at radius 3 is 3.00 bits per heavy atom. The van der Waals surface area contributed by atoms with Crippen molar-refractivity contribution in [3.63, 3.8) is 0 Å². The van der Waals surface area contributed by atoms with Crippen molar-refractivity contribution in [3.8, 4) is 0 Å². The maximum Gasteiger partial charge on any atom is 0.220 e. The van der Waals surface area contributed by atoms with Gasteiger partial charge < -0.3 is 15.8 Å². The van der Waals surface area contributed by atoms with Crippen LogP contribution >= 0.6 is 0 Å². The molecule has 0 spiro atoms. The Kier molecular flexibility index (Phi) is 4.56. The summed E-state index contributed by atoms with van der Waals surface area (Å²) in [6.07, 6.45) is 5.88. The summed E-state index contributed by atoms with van der Waals surface area (Å²) in [5, 5.41) is 3.10. The van der Waals surface area contributed by atoms with E-state index >= 15 is 0 Å². The van der Waals surface area contributed by atoms with Crippen molar-refractivity contribution < 1.29 is 9.53 Å². The summed E-state index contributed by atoms with van der Waals surface area (Å²) in [7, 11) is 0. The smallest absolute Gasteiger partial charge is 0.220 e. The standard InChI is InChI=1S/C17H24N2O2/c18-15-11-12-5-1-2-7-14(12)17(15)19-16(20)9-8-13-6-3-4-10-21-13/h1-2,5,7,13,15,17H,3-4,6,8-11,18H2,(H,19,20). The largest absolute Gasteiger partial charge is 0.378 e. The molecule has 4 heteroatoms. The molecule has 0 saturated carbocycles. The second kappa shape index (κ2) is 6.58. The van der Waals surface area contributed by atoms with E-state index in [1.807, 2.05) is 12.1 Å². The van der Waals surface area contributed by atoms with Gasteiger partial charge in [0.05, 0.1) is 12.1 Å². The summed E-state index contributed by atoms with van der Waals surface area (Å²) in [5.41, 5.74) is 8.61. The van der Waals surface area contributed by atoms with Crippen LogP contribution in [0.25, 0.3) is 0 Å². The van der Waals surface area contributed by atoms with Crippen LogP contribution < -0.4 is 11.1 Å². The first-order valence-corrected chi connectivity index (χ1v) is 7.98. The highest BCUT2D eigenvalue weighted by atomic mass is 16.5. The van der Waals surface area contributed by atoms with E-state index in [0.717, 1.165) is 32.3 Å². The first-order valence-electron chi connectivity index (χ1n) is 7.98. The number of nitrogens with two attached hydrogens (primary N) is 1. The maximum absolute atomic E-state index is 12.2. The average molecular weight is 288 g/mol. The lowest BCUT2D eigenvalue weighted by molar-refractivity contribution is -0.123. The number of benzene rings is 1. The lowest BCUT2D eigenvalue weighted by Crippen LogP contribution is -2.38. The van der Waals surface area contributed by atoms with Crippen LogP contribution in [0.1, 0.15) is 49.3 Å². The van der Waals surface area contributed by atoms with Crippen molar-refractivity contribution in [1.82, 2.24) is 5.32 Å². The summed E-state index contributed by atoms with van der Waals surface area (Å²) < 4.78 is 5.67. The number of rotatable bonds is 4. The minimum atomic E-state index is -0.0408. The van der Waals surface area contributed by atoms with E-state index < -0.39 is 0 Å². The molecule has 1 aliphatic carbocycles. The number of nitrogens with one attached hydrogen (secondary N) is 1. The molecule has 1 amide bonds. The second-order valence-electron chi connectivity index (χ2n) is 6.14. The molecule has 3 N–H and O–H groups in total. The average Bonchev–Trinajstić information content (AvgIpc) is 2.82. The van der Waals surface area contributed by atoms with Crippen molar-refractivity contribution in [1.29, 1.82) is 0 Å². The van der Waals surface area contributed by atoms with Crippen molar-refractivity contribution in [2.24, 2.45) is 5.73 Å². The molecule has 1 aliphatic heterocycles. The predicted molar refractivity (Wildman–Crippen MR) is 81.8 cm³/mol. The quantitative estimate of drug-likeness (QED) is 0.891. The molecule has 3 atom stereocenters. The molecule has 3 rings (SSSR count). The van der Waals surface area contributed by atoms with Crippen LogP contribution in [0.15, 0.2) is 24.3 Å². The summed E-state index contributed by atoms with van der Waals surface area (Å²) >= 11 is 0. The third-order valence-corrected chi connectivity index (χ3v) is 4.56. The SMILES string of the molecule is NC1Cc2ccccc2C1NC(=O)CCC1CCCCO1. The molecule has 21 heavy (non-hydrogen) atoms. The molecule has 4 nitrogen and oxygen atoms in total. The van der Waals surface area contributed by atoms with Gasteiger partial charge in [0, 0.05) is 19.1 Å². The van der Waals surface area contributed by atoms with E-state index in [4.69, 9.17) is 10.5 Å². The molecular formula is C17H24N2O2. The fourth-order valence-electron chi connectivity index (χ4n) is 3.38. The van der Waals surface area contributed by atoms with E-state index in [1.54, 1.807) is 0 Å². The minimum Gasteiger partial charge on any atom is -0.378 e. The Morgan fingerprint density at radius 2 is 2.19 bits per heavy atom. The molecule has 1 aromatic carbocycles. The fraction of sp³-hybridized carbons (Fsp3) is 0.588. The van der Waals surface area contributed by atoms with E-state index in [1.165, 1.54) is 17.5 Å². The van der Waals surface area contributed by atoms with Crippen LogP contribution in [0.3, 0.4) is 0 Å². The Hall–Kier alpha value is -1.39. The molecule has 0 aromatic heterocycles. The zero-order chi connectivity index (χ0) is 14.7. The van der Waals surface area contributed by atoms with Crippen LogP contribution in [-0.4, -0.2) is 24.7 Å². The first-order chi connectivity index (χ1) is 10.2. The van der Waals surface area contributed by atoms with Gasteiger partial charge in [-0.3, -0.25) is 4.79 Å². The summed E-state index contributed by atoms with van der Waals surface area (Å²) in [5.74, 6) is 0.0846. The number of carbonyl (C=O) groups is 1. The number of ether oxygens (including phenoxy) is 1. The Balaban J connectivity index is 1.52. The lowest BCUT2D eigenvalue weighted by atomic mass is 10.0. The summed E-state index contributed by atoms with van der Waals surface area (Å²) in [4.78, 5) is 12.2. The molecule has 114 valence electrons. The van der Waals surface area contributed by atoms with Crippen molar-refractivity contribution in [2.75, 3.05) is 6.61 Å². The molecule has 1 fully saturated rings. The highest BCUT2D eigenvalue weighted by molar-refractivity contribution is 5.76. The van der Waals surface area contributed by atoms with Crippen molar-refractivity contribution >= 4 is 5.91 Å². The monoisotopic (exact) mass is 288 g/mol. The lowest BCUT2D eigenvalue weighted by Gasteiger charge is -2.23. The van der Waals surface area contributed by atoms with E-state index in [-0.39, 0.29) is 24.1 Å². The van der Waals surface area contributed by atoms with Crippen molar-refractivity contribution in [2.45, 2.75) is 56.7 Å². The number of fused-ring (bicyclic) bond motifs is 1. The Bertz CT molecular complexity index is 497. The van der Waals surface area contributed by atoms with Crippen LogP contribution in [0.5, 0.6) is 0 Å². The van der Waals surface area contributed by atoms with Crippen LogP contribution in [0.4, 0.5) is 0 Å². The zero-order valence-electron chi connectivity index (χ0n) is 12.4. The zero-order valence-corrected chi connectivity index (χ0v) is 12.4. The number of carbonyl (C=O) groups excluding carboxylic acids is 1. The molecule has 0 bridgehead atoms. The summed E-state index contributed by atoms with van der Waals surface area (Å²) in [6, 6.07) is 8.13. The third-order valence-electron chi connectivity index (χ3n) is 4.56. The van der Waals surface area contributed by atoms with Gasteiger partial charge in [-0.15, -0.1) is 0 Å².